The average molecular weight is 243 g/mol. The van der Waals surface area contributed by atoms with Crippen LogP contribution in [-0.4, -0.2) is 12.1 Å². The van der Waals surface area contributed by atoms with Gasteiger partial charge in [0.1, 0.15) is 0 Å². The molecule has 0 saturated carbocycles. The summed E-state index contributed by atoms with van der Waals surface area (Å²) in [4.78, 5) is 0. The van der Waals surface area contributed by atoms with Gasteiger partial charge >= 0.3 is 0 Å². The maximum absolute atomic E-state index is 6.07. The third-order valence-electron chi connectivity index (χ3n) is 3.38. The molecule has 0 amide bonds. The van der Waals surface area contributed by atoms with Crippen LogP contribution in [-0.2, 0) is 11.3 Å². The molecule has 96 valence electrons. The lowest BCUT2D eigenvalue weighted by Gasteiger charge is -2.22. The summed E-state index contributed by atoms with van der Waals surface area (Å²) in [7, 11) is 0. The van der Waals surface area contributed by atoms with Gasteiger partial charge in [0.2, 0.25) is 0 Å². The minimum absolute atomic E-state index is 0.232. The smallest absolute Gasteiger partial charge is 0.0723 e. The number of rotatable bonds is 5. The van der Waals surface area contributed by atoms with Gasteiger partial charge in [-0.3, -0.25) is 0 Å². The maximum atomic E-state index is 6.07. The van der Waals surface area contributed by atoms with Gasteiger partial charge in [-0.1, -0.05) is 49.4 Å². The van der Waals surface area contributed by atoms with Crippen LogP contribution in [0.3, 0.4) is 0 Å². The Bertz CT molecular complexity index is 514. The van der Waals surface area contributed by atoms with Crippen LogP contribution in [0.15, 0.2) is 42.5 Å². The molecule has 0 aliphatic carbocycles. The normalized spacial score (nSPS) is 14.6. The van der Waals surface area contributed by atoms with Gasteiger partial charge in [-0.15, -0.1) is 0 Å². The predicted octanol–water partition coefficient (Wildman–Crippen LogP) is 3.48. The molecule has 0 radical (unpaired) electrons. The molecule has 2 aromatic carbocycles. The lowest BCUT2D eigenvalue weighted by atomic mass is 10.0. The number of ether oxygens (including phenoxy) is 1. The van der Waals surface area contributed by atoms with E-state index in [1.54, 1.807) is 0 Å². The topological polar surface area (TPSA) is 35.2 Å². The van der Waals surface area contributed by atoms with Gasteiger partial charge in [0.15, 0.2) is 0 Å². The lowest BCUT2D eigenvalue weighted by Crippen LogP contribution is -2.40. The third kappa shape index (κ3) is 3.09. The average Bonchev–Trinajstić information content (AvgIpc) is 2.39. The zero-order valence-corrected chi connectivity index (χ0v) is 11.1. The van der Waals surface area contributed by atoms with Crippen molar-refractivity contribution in [1.29, 1.82) is 0 Å². The van der Waals surface area contributed by atoms with Gasteiger partial charge in [0.05, 0.1) is 13.2 Å². The van der Waals surface area contributed by atoms with Crippen molar-refractivity contribution >= 4 is 10.8 Å². The summed E-state index contributed by atoms with van der Waals surface area (Å²) in [5.41, 5.74) is 7.06. The summed E-state index contributed by atoms with van der Waals surface area (Å²) in [5, 5.41) is 2.51. The highest BCUT2D eigenvalue weighted by Gasteiger charge is 2.15. The summed E-state index contributed by atoms with van der Waals surface area (Å²) < 4.78 is 5.76. The standard InChI is InChI=1S/C16H21NO/c1-3-16(2,17)12-18-11-14-9-6-8-13-7-4-5-10-15(13)14/h4-10H,3,11-12,17H2,1-2H3. The van der Waals surface area contributed by atoms with Crippen LogP contribution in [0, 0.1) is 0 Å². The van der Waals surface area contributed by atoms with Gasteiger partial charge in [0.25, 0.3) is 0 Å². The van der Waals surface area contributed by atoms with Crippen LogP contribution in [0.25, 0.3) is 10.8 Å². The van der Waals surface area contributed by atoms with E-state index in [1.165, 1.54) is 16.3 Å². The van der Waals surface area contributed by atoms with Crippen molar-refractivity contribution in [2.75, 3.05) is 6.61 Å². The van der Waals surface area contributed by atoms with Crippen molar-refractivity contribution in [3.8, 4) is 0 Å². The summed E-state index contributed by atoms with van der Waals surface area (Å²) in [6, 6.07) is 14.7. The van der Waals surface area contributed by atoms with Gasteiger partial charge in [-0.2, -0.15) is 0 Å². The van der Waals surface area contributed by atoms with E-state index in [0.29, 0.717) is 13.2 Å². The fourth-order valence-corrected chi connectivity index (χ4v) is 1.91. The van der Waals surface area contributed by atoms with Crippen LogP contribution in [0.1, 0.15) is 25.8 Å². The lowest BCUT2D eigenvalue weighted by molar-refractivity contribution is 0.0784. The first-order chi connectivity index (χ1) is 8.62. The SMILES string of the molecule is CCC(C)(N)COCc1cccc2ccccc12. The summed E-state index contributed by atoms with van der Waals surface area (Å²) >= 11 is 0. The predicted molar refractivity (Wildman–Crippen MR) is 76.5 cm³/mol. The van der Waals surface area contributed by atoms with Crippen LogP contribution in [0.4, 0.5) is 0 Å². The van der Waals surface area contributed by atoms with E-state index in [0.717, 1.165) is 6.42 Å². The van der Waals surface area contributed by atoms with Crippen molar-refractivity contribution in [3.05, 3.63) is 48.0 Å². The number of hydrogen-bond acceptors (Lipinski definition) is 2. The molecule has 0 aliphatic heterocycles. The van der Waals surface area contributed by atoms with Crippen molar-refractivity contribution in [3.63, 3.8) is 0 Å². The molecule has 2 nitrogen and oxygen atoms in total. The molecule has 1 atom stereocenters. The first-order valence-electron chi connectivity index (χ1n) is 6.46. The largest absolute Gasteiger partial charge is 0.375 e. The van der Waals surface area contributed by atoms with E-state index >= 15 is 0 Å². The van der Waals surface area contributed by atoms with Crippen molar-refractivity contribution < 1.29 is 4.74 Å². The summed E-state index contributed by atoms with van der Waals surface area (Å²) in [5.74, 6) is 0. The van der Waals surface area contributed by atoms with Crippen molar-refractivity contribution in [2.24, 2.45) is 5.73 Å². The number of hydrogen-bond donors (Lipinski definition) is 1. The Morgan fingerprint density at radius 1 is 1.11 bits per heavy atom. The molecule has 0 saturated heterocycles. The highest BCUT2D eigenvalue weighted by molar-refractivity contribution is 5.85. The second-order valence-electron chi connectivity index (χ2n) is 5.14. The van der Waals surface area contributed by atoms with E-state index in [-0.39, 0.29) is 5.54 Å². The fraction of sp³-hybridized carbons (Fsp3) is 0.375. The zero-order chi connectivity index (χ0) is 13.0. The molecule has 2 aromatic rings. The van der Waals surface area contributed by atoms with E-state index in [4.69, 9.17) is 10.5 Å². The summed E-state index contributed by atoms with van der Waals surface area (Å²) in [6.45, 7) is 5.32. The Morgan fingerprint density at radius 3 is 2.61 bits per heavy atom. The van der Waals surface area contributed by atoms with Crippen molar-refractivity contribution in [1.82, 2.24) is 0 Å². The highest BCUT2D eigenvalue weighted by atomic mass is 16.5. The van der Waals surface area contributed by atoms with E-state index < -0.39 is 0 Å². The molecule has 0 aromatic heterocycles. The molecule has 0 spiro atoms. The first-order valence-corrected chi connectivity index (χ1v) is 6.46. The van der Waals surface area contributed by atoms with Gasteiger partial charge in [0, 0.05) is 5.54 Å². The molecule has 0 bridgehead atoms. The highest BCUT2D eigenvalue weighted by Crippen LogP contribution is 2.19. The maximum Gasteiger partial charge on any atom is 0.0723 e. The zero-order valence-electron chi connectivity index (χ0n) is 11.1. The monoisotopic (exact) mass is 243 g/mol. The van der Waals surface area contributed by atoms with E-state index in [1.807, 2.05) is 6.92 Å². The molecular formula is C16H21NO. The second-order valence-corrected chi connectivity index (χ2v) is 5.14. The molecule has 0 fully saturated rings. The molecule has 18 heavy (non-hydrogen) atoms. The van der Waals surface area contributed by atoms with Gasteiger partial charge in [-0.25, -0.2) is 0 Å². The van der Waals surface area contributed by atoms with E-state index in [2.05, 4.69) is 49.4 Å². The van der Waals surface area contributed by atoms with Crippen LogP contribution < -0.4 is 5.73 Å². The van der Waals surface area contributed by atoms with Gasteiger partial charge < -0.3 is 10.5 Å². The second kappa shape index (κ2) is 5.51. The molecule has 1 unspecified atom stereocenters. The van der Waals surface area contributed by atoms with Gasteiger partial charge in [-0.05, 0) is 29.7 Å². The quantitative estimate of drug-likeness (QED) is 0.872. The molecule has 0 heterocycles. The van der Waals surface area contributed by atoms with Crippen molar-refractivity contribution in [2.45, 2.75) is 32.4 Å². The molecule has 2 heteroatoms. The van der Waals surface area contributed by atoms with Crippen LogP contribution >= 0.6 is 0 Å². The Balaban J connectivity index is 2.08. The minimum atomic E-state index is -0.232. The van der Waals surface area contributed by atoms with Crippen LogP contribution in [0.5, 0.6) is 0 Å². The molecule has 2 N–H and O–H groups in total. The number of nitrogens with two attached hydrogens (primary N) is 1. The Morgan fingerprint density at radius 2 is 1.83 bits per heavy atom. The Kier molecular flexibility index (Phi) is 4.00. The molecule has 2 rings (SSSR count). The fourth-order valence-electron chi connectivity index (χ4n) is 1.91. The van der Waals surface area contributed by atoms with E-state index in [9.17, 15) is 0 Å². The molecule has 0 aliphatic rings. The third-order valence-corrected chi connectivity index (χ3v) is 3.38. The van der Waals surface area contributed by atoms with Crippen LogP contribution in [0.2, 0.25) is 0 Å². The first kappa shape index (κ1) is 13.1. The number of benzene rings is 2. The summed E-state index contributed by atoms with van der Waals surface area (Å²) in [6.07, 6.45) is 0.919. The number of fused-ring (bicyclic) bond motifs is 1. The molecular weight excluding hydrogens is 222 g/mol. The Labute approximate surface area is 109 Å². The Hall–Kier alpha value is -1.38. The minimum Gasteiger partial charge on any atom is -0.375 e.